The Morgan fingerprint density at radius 2 is 0.906 bits per heavy atom. The zero-order valence-corrected chi connectivity index (χ0v) is 53.0. The van der Waals surface area contributed by atoms with Gasteiger partial charge in [0.2, 0.25) is 35.4 Å². The van der Waals surface area contributed by atoms with Gasteiger partial charge in [-0.25, -0.2) is 9.59 Å². The molecular formula is C63H92N10O12. The number of carbonyl (C=O) groups is 10. The molecule has 1 aromatic heterocycles. The Morgan fingerprint density at radius 1 is 0.553 bits per heavy atom. The van der Waals surface area contributed by atoms with Crippen molar-refractivity contribution in [3.63, 3.8) is 0 Å². The smallest absolute Gasteiger partial charge is 0.410 e. The molecule has 0 saturated carbocycles. The molecule has 3 heterocycles. The van der Waals surface area contributed by atoms with Crippen molar-refractivity contribution in [2.45, 2.75) is 196 Å². The first-order valence-electron chi connectivity index (χ1n) is 29.2. The Labute approximate surface area is 501 Å². The number of hydrogen-bond donors (Lipinski definition) is 5. The molecule has 8 amide bonds. The zero-order chi connectivity index (χ0) is 63.8. The Hall–Kier alpha value is -7.65. The Kier molecular flexibility index (Phi) is 22.1. The van der Waals surface area contributed by atoms with Crippen molar-refractivity contribution in [1.29, 1.82) is 0 Å². The second kappa shape index (κ2) is 27.6. The van der Waals surface area contributed by atoms with E-state index in [1.807, 2.05) is 74.5 Å². The first-order chi connectivity index (χ1) is 39.3. The van der Waals surface area contributed by atoms with Crippen molar-refractivity contribution in [3.8, 4) is 0 Å². The van der Waals surface area contributed by atoms with E-state index in [0.29, 0.717) is 0 Å². The monoisotopic (exact) mass is 1180 g/mol. The topological polar surface area (TPSA) is 279 Å². The summed E-state index contributed by atoms with van der Waals surface area (Å²) in [4.78, 5) is 145. The maximum absolute atomic E-state index is 14.9. The van der Waals surface area contributed by atoms with Gasteiger partial charge in [0, 0.05) is 40.0 Å². The molecule has 2 aromatic carbocycles. The van der Waals surface area contributed by atoms with Gasteiger partial charge in [0.25, 0.3) is 0 Å². The summed E-state index contributed by atoms with van der Waals surface area (Å²) in [7, 11) is 2.85. The normalized spacial score (nSPS) is 19.5. The molecule has 2 fully saturated rings. The van der Waals surface area contributed by atoms with Gasteiger partial charge >= 0.3 is 12.2 Å². The molecule has 0 spiro atoms. The largest absolute Gasteiger partial charge is 0.444 e. The van der Waals surface area contributed by atoms with E-state index in [9.17, 15) is 47.9 Å². The van der Waals surface area contributed by atoms with E-state index in [1.54, 1.807) is 83.1 Å². The number of ketones is 2. The molecular weight excluding hydrogens is 1090 g/mol. The van der Waals surface area contributed by atoms with Crippen LogP contribution >= 0.6 is 0 Å². The number of rotatable bonds is 20. The fourth-order valence-electron chi connectivity index (χ4n) is 10.2. The third kappa shape index (κ3) is 18.4. The van der Waals surface area contributed by atoms with Crippen LogP contribution in [0, 0.1) is 22.7 Å². The van der Waals surface area contributed by atoms with Gasteiger partial charge < -0.3 is 40.5 Å². The minimum absolute atomic E-state index is 0.0143. The molecule has 2 saturated heterocycles. The van der Waals surface area contributed by atoms with E-state index in [2.05, 4.69) is 31.5 Å². The number of nitrogens with one attached hydrogen (secondary N) is 5. The van der Waals surface area contributed by atoms with Crippen LogP contribution in [0.25, 0.3) is 0 Å². The second-order valence-electron chi connectivity index (χ2n) is 27.1. The highest BCUT2D eigenvalue weighted by atomic mass is 16.6. The summed E-state index contributed by atoms with van der Waals surface area (Å²) in [5, 5.41) is 18.7. The Balaban J connectivity index is 1.35. The lowest BCUT2D eigenvalue weighted by Gasteiger charge is -2.37. The van der Waals surface area contributed by atoms with Crippen LogP contribution in [-0.4, -0.2) is 164 Å². The molecule has 5 rings (SSSR count). The van der Waals surface area contributed by atoms with E-state index < -0.39 is 141 Å². The summed E-state index contributed by atoms with van der Waals surface area (Å²) in [5.74, 6) is -5.30. The molecule has 22 nitrogen and oxygen atoms in total. The fraction of sp³-hybridized carbons (Fsp3) is 0.603. The molecule has 0 aliphatic carbocycles. The number of benzene rings is 2. The molecule has 3 aromatic rings. The predicted octanol–water partition coefficient (Wildman–Crippen LogP) is 7.32. The van der Waals surface area contributed by atoms with Crippen LogP contribution in [0.5, 0.6) is 0 Å². The van der Waals surface area contributed by atoms with Crippen LogP contribution in [0.15, 0.2) is 66.7 Å². The van der Waals surface area contributed by atoms with E-state index >= 15 is 0 Å². The van der Waals surface area contributed by atoms with Crippen LogP contribution in [-0.2, 0) is 38.2 Å². The van der Waals surface area contributed by atoms with Gasteiger partial charge in [-0.3, -0.25) is 53.3 Å². The summed E-state index contributed by atoms with van der Waals surface area (Å²) in [6, 6.07) is 12.5. The first kappa shape index (κ1) is 68.1. The molecule has 85 heavy (non-hydrogen) atoms. The number of H-pyrrole nitrogens is 1. The van der Waals surface area contributed by atoms with E-state index in [-0.39, 0.29) is 50.2 Å². The molecule has 2 aliphatic heterocycles. The summed E-state index contributed by atoms with van der Waals surface area (Å²) >= 11 is 0. The first-order valence-corrected chi connectivity index (χ1v) is 29.2. The summed E-state index contributed by atoms with van der Waals surface area (Å²) < 4.78 is 10.9. The second-order valence-corrected chi connectivity index (χ2v) is 27.1. The molecule has 0 unspecified atom stereocenters. The molecule has 0 radical (unpaired) electrons. The molecule has 2 aliphatic rings. The highest BCUT2D eigenvalue weighted by Crippen LogP contribution is 2.34. The number of hydrogen-bond acceptors (Lipinski definition) is 13. The third-order valence-electron chi connectivity index (χ3n) is 15.5. The van der Waals surface area contributed by atoms with Crippen molar-refractivity contribution >= 4 is 59.2 Å². The summed E-state index contributed by atoms with van der Waals surface area (Å²) in [6.45, 7) is 27.5. The minimum atomic E-state index is -1.17. The number of aromatic nitrogens is 2. The number of likely N-dealkylation sites (N-methyl/N-ethyl adjacent to an activating group) is 2. The van der Waals surface area contributed by atoms with Crippen LogP contribution in [0.1, 0.15) is 181 Å². The van der Waals surface area contributed by atoms with Crippen molar-refractivity contribution in [3.05, 3.63) is 89.2 Å². The molecule has 5 N–H and O–H groups in total. The van der Waals surface area contributed by atoms with Crippen LogP contribution in [0.2, 0.25) is 0 Å². The van der Waals surface area contributed by atoms with E-state index in [4.69, 9.17) is 9.47 Å². The van der Waals surface area contributed by atoms with Crippen LogP contribution in [0.4, 0.5) is 9.59 Å². The SMILES string of the molecule is C[C@@H](NC(=O)[C@@H]1C[C@H](CC(=O)c2cc(C(=O)C[C@H]3C[C@@H](C(=O)N[C@H](C)c4ccccc4)N(C(=O)[C@@H](NC(=O)[C@H](C)N(C)C(=O)OC(C)(C)C)C(C)(C)C)C3)[nH]n2)CN1C(=O)[C@@H](NC(=O)[C@H](C)N(C)C(=O)OC(C)(C)C)C(C)(C)C)c1ccccc1. The predicted molar refractivity (Wildman–Crippen MR) is 319 cm³/mol. The van der Waals surface area contributed by atoms with Gasteiger partial charge in [-0.05, 0) is 122 Å². The van der Waals surface area contributed by atoms with Crippen molar-refractivity contribution in [2.75, 3.05) is 27.2 Å². The average Bonchev–Trinajstić information content (AvgIpc) is 2.21. The zero-order valence-electron chi connectivity index (χ0n) is 53.0. The maximum Gasteiger partial charge on any atom is 0.410 e. The standard InChI is InChI=1S/C63H92N10O12/c1-36(42-25-21-19-22-26-42)64-54(78)46-29-40(34-72(46)56(80)50(60(5,6)7)66-52(76)38(3)70(17)58(82)84-62(11,12)13)31-48(74)44-33-45(69-68-44)49(75)32-41-30-47(55(79)65-37(2)43-27-23-20-24-28-43)73(35-41)57(81)51(61(8,9)10)67-53(77)39(4)71(18)59(83)85-63(14,15)16/h19-28,33,36-41,46-47,50-51H,29-32,34-35H2,1-18H3,(H,64,78)(H,65,79)(H,66,76)(H,67,77)(H,68,69)/t36-,37-,38+,39+,40-,41-,46+,47+,50-,51-/m1/s1. The van der Waals surface area contributed by atoms with Gasteiger partial charge in [0.1, 0.15) is 58.8 Å². The highest BCUT2D eigenvalue weighted by molar-refractivity contribution is 6.01. The number of Topliss-reactive ketones (excluding diaryl/α,β-unsaturated/α-hetero) is 2. The average molecular weight is 1180 g/mol. The molecule has 0 bridgehead atoms. The van der Waals surface area contributed by atoms with Crippen LogP contribution < -0.4 is 21.3 Å². The lowest BCUT2D eigenvalue weighted by molar-refractivity contribution is -0.144. The number of aromatic amines is 1. The lowest BCUT2D eigenvalue weighted by atomic mass is 9.85. The van der Waals surface area contributed by atoms with Crippen molar-refractivity contribution in [1.82, 2.24) is 51.1 Å². The Bertz CT molecular complexity index is 2710. The highest BCUT2D eigenvalue weighted by Gasteiger charge is 2.48. The van der Waals surface area contributed by atoms with Gasteiger partial charge in [-0.1, -0.05) is 102 Å². The van der Waals surface area contributed by atoms with Gasteiger partial charge in [-0.2, -0.15) is 5.10 Å². The van der Waals surface area contributed by atoms with E-state index in [0.717, 1.165) is 20.9 Å². The van der Waals surface area contributed by atoms with E-state index in [1.165, 1.54) is 43.8 Å². The maximum atomic E-state index is 14.9. The number of nitrogens with zero attached hydrogens (tertiary/aromatic N) is 5. The number of ether oxygens (including phenoxy) is 2. The number of likely N-dealkylation sites (tertiary alicyclic amines) is 2. The van der Waals surface area contributed by atoms with Gasteiger partial charge in [0.15, 0.2) is 11.6 Å². The van der Waals surface area contributed by atoms with Crippen molar-refractivity contribution < 1.29 is 57.4 Å². The quantitative estimate of drug-likeness (QED) is 0.0695. The van der Waals surface area contributed by atoms with Gasteiger partial charge in [-0.15, -0.1) is 0 Å². The number of carbonyl (C=O) groups excluding carboxylic acids is 10. The summed E-state index contributed by atoms with van der Waals surface area (Å²) in [5.41, 5.74) is -1.82. The molecule has 10 atom stereocenters. The summed E-state index contributed by atoms with van der Waals surface area (Å²) in [6.07, 6.45) is -1.60. The van der Waals surface area contributed by atoms with Gasteiger partial charge in [0.05, 0.1) is 12.1 Å². The van der Waals surface area contributed by atoms with Crippen LogP contribution in [0.3, 0.4) is 0 Å². The van der Waals surface area contributed by atoms with Crippen molar-refractivity contribution in [2.24, 2.45) is 22.7 Å². The third-order valence-corrected chi connectivity index (χ3v) is 15.5. The number of amides is 8. The fourth-order valence-corrected chi connectivity index (χ4v) is 10.2. The lowest BCUT2D eigenvalue weighted by Crippen LogP contribution is -2.60. The molecule has 22 heteroatoms. The Morgan fingerprint density at radius 3 is 1.25 bits per heavy atom. The minimum Gasteiger partial charge on any atom is -0.444 e. The molecule has 466 valence electrons.